The van der Waals surface area contributed by atoms with Gasteiger partial charge in [-0.25, -0.2) is 0 Å². The first-order valence-electron chi connectivity index (χ1n) is 17.7. The van der Waals surface area contributed by atoms with Gasteiger partial charge < -0.3 is 18.6 Å². The SMILES string of the molecule is c1ccc(N(c2ccccc2)c2ccc3c(c2)sc2ccc(N(c4ccc5oc6ccccc6c5c4)c4ccc5oc6ccccc6c5c4)cc23)cc1. The molecule has 53 heavy (non-hydrogen) atoms. The molecule has 250 valence electrons. The molecule has 0 spiro atoms. The summed E-state index contributed by atoms with van der Waals surface area (Å²) in [5.74, 6) is 0. The van der Waals surface area contributed by atoms with E-state index in [1.807, 2.05) is 35.6 Å². The van der Waals surface area contributed by atoms with E-state index in [2.05, 4.69) is 168 Å². The van der Waals surface area contributed by atoms with Crippen molar-refractivity contribution < 1.29 is 8.83 Å². The lowest BCUT2D eigenvalue weighted by molar-refractivity contribution is 0.668. The molecule has 0 saturated carbocycles. The van der Waals surface area contributed by atoms with Crippen molar-refractivity contribution in [2.24, 2.45) is 0 Å². The van der Waals surface area contributed by atoms with E-state index in [4.69, 9.17) is 8.83 Å². The van der Waals surface area contributed by atoms with Gasteiger partial charge in [-0.3, -0.25) is 0 Å². The van der Waals surface area contributed by atoms with Crippen LogP contribution in [0.5, 0.6) is 0 Å². The van der Waals surface area contributed by atoms with Gasteiger partial charge in [0.25, 0.3) is 0 Å². The molecule has 0 N–H and O–H groups in total. The molecule has 11 aromatic rings. The highest BCUT2D eigenvalue weighted by atomic mass is 32.1. The number of fused-ring (bicyclic) bond motifs is 9. The second kappa shape index (κ2) is 11.9. The van der Waals surface area contributed by atoms with Crippen molar-refractivity contribution in [3.8, 4) is 0 Å². The minimum absolute atomic E-state index is 0.876. The van der Waals surface area contributed by atoms with E-state index >= 15 is 0 Å². The molecule has 0 aliphatic rings. The fourth-order valence-corrected chi connectivity index (χ4v) is 8.91. The van der Waals surface area contributed by atoms with Crippen LogP contribution in [-0.2, 0) is 0 Å². The molecule has 0 atom stereocenters. The fourth-order valence-electron chi connectivity index (χ4n) is 7.79. The van der Waals surface area contributed by atoms with E-state index in [0.29, 0.717) is 0 Å². The fraction of sp³-hybridized carbons (Fsp3) is 0. The number of benzene rings is 8. The van der Waals surface area contributed by atoms with Crippen molar-refractivity contribution in [1.29, 1.82) is 0 Å². The Kier molecular flexibility index (Phi) is 6.69. The Morgan fingerprint density at radius 3 is 1.30 bits per heavy atom. The van der Waals surface area contributed by atoms with Crippen LogP contribution in [0.2, 0.25) is 0 Å². The highest BCUT2D eigenvalue weighted by molar-refractivity contribution is 7.25. The first-order valence-corrected chi connectivity index (χ1v) is 18.6. The van der Waals surface area contributed by atoms with Crippen LogP contribution in [0.3, 0.4) is 0 Å². The molecule has 8 aromatic carbocycles. The monoisotopic (exact) mass is 698 g/mol. The summed E-state index contributed by atoms with van der Waals surface area (Å²) in [5.41, 5.74) is 10.1. The predicted molar refractivity (Wildman–Crippen MR) is 223 cm³/mol. The lowest BCUT2D eigenvalue weighted by Crippen LogP contribution is -2.09. The molecular formula is C48H30N2O2S. The summed E-state index contributed by atoms with van der Waals surface area (Å²) >= 11 is 1.83. The third kappa shape index (κ3) is 4.90. The van der Waals surface area contributed by atoms with E-state index in [1.54, 1.807) is 0 Å². The Balaban J connectivity index is 1.09. The summed E-state index contributed by atoms with van der Waals surface area (Å²) in [6.45, 7) is 0. The summed E-state index contributed by atoms with van der Waals surface area (Å²) < 4.78 is 15.0. The second-order valence-electron chi connectivity index (χ2n) is 13.4. The van der Waals surface area contributed by atoms with Crippen molar-refractivity contribution in [2.45, 2.75) is 0 Å². The minimum atomic E-state index is 0.876. The highest BCUT2D eigenvalue weighted by Crippen LogP contribution is 2.45. The molecule has 0 fully saturated rings. The van der Waals surface area contributed by atoms with E-state index in [9.17, 15) is 0 Å². The third-order valence-electron chi connectivity index (χ3n) is 10.2. The summed E-state index contributed by atoms with van der Waals surface area (Å²) in [4.78, 5) is 4.68. The van der Waals surface area contributed by atoms with Crippen LogP contribution in [-0.4, -0.2) is 0 Å². The van der Waals surface area contributed by atoms with Gasteiger partial charge in [0, 0.05) is 75.8 Å². The molecule has 0 aliphatic heterocycles. The average molecular weight is 699 g/mol. The molecule has 0 saturated heterocycles. The largest absolute Gasteiger partial charge is 0.456 e. The first-order chi connectivity index (χ1) is 26.2. The average Bonchev–Trinajstić information content (AvgIpc) is 3.89. The number of nitrogens with zero attached hydrogens (tertiary/aromatic N) is 2. The van der Waals surface area contributed by atoms with Crippen LogP contribution >= 0.6 is 11.3 Å². The summed E-state index contributed by atoms with van der Waals surface area (Å²) in [6.07, 6.45) is 0. The van der Waals surface area contributed by atoms with Crippen molar-refractivity contribution >= 4 is 110 Å². The van der Waals surface area contributed by atoms with Gasteiger partial charge in [-0.1, -0.05) is 78.9 Å². The van der Waals surface area contributed by atoms with Crippen LogP contribution in [0.4, 0.5) is 34.1 Å². The van der Waals surface area contributed by atoms with Gasteiger partial charge in [0.05, 0.1) is 0 Å². The van der Waals surface area contributed by atoms with Crippen molar-refractivity contribution in [1.82, 2.24) is 0 Å². The Morgan fingerprint density at radius 2 is 0.717 bits per heavy atom. The number of hydrogen-bond donors (Lipinski definition) is 0. The third-order valence-corrected chi connectivity index (χ3v) is 11.4. The molecule has 0 aliphatic carbocycles. The molecule has 0 bridgehead atoms. The van der Waals surface area contributed by atoms with Gasteiger partial charge in [-0.05, 0) is 103 Å². The zero-order valence-corrected chi connectivity index (χ0v) is 29.3. The lowest BCUT2D eigenvalue weighted by Gasteiger charge is -2.26. The molecule has 3 aromatic heterocycles. The van der Waals surface area contributed by atoms with E-state index < -0.39 is 0 Å². The van der Waals surface area contributed by atoms with Gasteiger partial charge >= 0.3 is 0 Å². The predicted octanol–water partition coefficient (Wildman–Crippen LogP) is 14.8. The van der Waals surface area contributed by atoms with E-state index in [1.165, 1.54) is 20.2 Å². The van der Waals surface area contributed by atoms with Crippen LogP contribution in [0, 0.1) is 0 Å². The van der Waals surface area contributed by atoms with Gasteiger partial charge in [-0.15, -0.1) is 11.3 Å². The maximum absolute atomic E-state index is 6.24. The zero-order valence-electron chi connectivity index (χ0n) is 28.4. The van der Waals surface area contributed by atoms with Gasteiger partial charge in [0.2, 0.25) is 0 Å². The topological polar surface area (TPSA) is 32.8 Å². The first kappa shape index (κ1) is 29.9. The minimum Gasteiger partial charge on any atom is -0.456 e. The van der Waals surface area contributed by atoms with Crippen molar-refractivity contribution in [3.63, 3.8) is 0 Å². The number of furan rings is 2. The standard InChI is InChI=1S/C48H30N2O2S/c1-3-11-31(12-4-1)49(32-13-5-2-6-14-32)36-19-23-39-42-29-35(22-26-47(42)53-48(39)30-36)50(33-20-24-45-40(27-33)37-15-7-9-17-43(37)51-45)34-21-25-46-41(28-34)38-16-8-10-18-44(38)52-46/h1-30H. The Hall–Kier alpha value is -6.82. The quantitative estimate of drug-likeness (QED) is 0.173. The molecule has 11 rings (SSSR count). The number of thiophene rings is 1. The summed E-state index contributed by atoms with van der Waals surface area (Å²) in [6, 6.07) is 64.4. The maximum Gasteiger partial charge on any atom is 0.135 e. The van der Waals surface area contributed by atoms with Crippen LogP contribution in [0.1, 0.15) is 0 Å². The maximum atomic E-state index is 6.24. The van der Waals surface area contributed by atoms with Gasteiger partial charge in [0.1, 0.15) is 22.3 Å². The highest BCUT2D eigenvalue weighted by Gasteiger charge is 2.20. The molecule has 0 unspecified atom stereocenters. The molecule has 4 nitrogen and oxygen atoms in total. The molecule has 3 heterocycles. The number of para-hydroxylation sites is 4. The number of rotatable bonds is 6. The normalized spacial score (nSPS) is 11.8. The Labute approximate surface area is 308 Å². The van der Waals surface area contributed by atoms with E-state index in [-0.39, 0.29) is 0 Å². The molecule has 0 amide bonds. The summed E-state index contributed by atoms with van der Waals surface area (Å²) in [5, 5.41) is 6.87. The smallest absolute Gasteiger partial charge is 0.135 e. The van der Waals surface area contributed by atoms with Gasteiger partial charge in [-0.2, -0.15) is 0 Å². The zero-order chi connectivity index (χ0) is 34.9. The van der Waals surface area contributed by atoms with Crippen LogP contribution < -0.4 is 9.80 Å². The molecule has 0 radical (unpaired) electrons. The van der Waals surface area contributed by atoms with Crippen molar-refractivity contribution in [3.05, 3.63) is 182 Å². The number of hydrogen-bond acceptors (Lipinski definition) is 5. The Morgan fingerprint density at radius 1 is 0.283 bits per heavy atom. The molecular weight excluding hydrogens is 669 g/mol. The van der Waals surface area contributed by atoms with Gasteiger partial charge in [0.15, 0.2) is 0 Å². The Bertz CT molecular complexity index is 2990. The van der Waals surface area contributed by atoms with Crippen molar-refractivity contribution in [2.75, 3.05) is 9.80 Å². The van der Waals surface area contributed by atoms with Crippen LogP contribution in [0.15, 0.2) is 191 Å². The number of anilines is 6. The molecule has 5 heteroatoms. The second-order valence-corrected chi connectivity index (χ2v) is 14.4. The summed E-state index contributed by atoms with van der Waals surface area (Å²) in [7, 11) is 0. The van der Waals surface area contributed by atoms with E-state index in [0.717, 1.165) is 78.0 Å². The van der Waals surface area contributed by atoms with Crippen LogP contribution in [0.25, 0.3) is 64.0 Å². The lowest BCUT2D eigenvalue weighted by atomic mass is 10.1.